The Morgan fingerprint density at radius 2 is 2.33 bits per heavy atom. The average Bonchev–Trinajstić information content (AvgIpc) is 2.49. The number of pyridine rings is 1. The van der Waals surface area contributed by atoms with E-state index in [2.05, 4.69) is 42.1 Å². The second kappa shape index (κ2) is 2.77. The Kier molecular flexibility index (Phi) is 1.75. The van der Waals surface area contributed by atoms with Crippen LogP contribution in [0.2, 0.25) is 0 Å². The molecule has 1 aliphatic rings. The number of aromatic nitrogens is 1. The molecule has 0 fully saturated rings. The van der Waals surface area contributed by atoms with E-state index < -0.39 is 0 Å². The van der Waals surface area contributed by atoms with E-state index in [1.54, 1.807) is 0 Å². The summed E-state index contributed by atoms with van der Waals surface area (Å²) in [6.45, 7) is 5.53. The minimum atomic E-state index is 0.569. The number of hydrogen-bond donors (Lipinski definition) is 1. The van der Waals surface area contributed by atoms with Crippen LogP contribution in [0.25, 0.3) is 0 Å². The van der Waals surface area contributed by atoms with Crippen LogP contribution in [0.15, 0.2) is 18.3 Å². The van der Waals surface area contributed by atoms with Gasteiger partial charge in [-0.15, -0.1) is 0 Å². The molecule has 1 aromatic heterocycles. The minimum Gasteiger partial charge on any atom is -0.379 e. The Bertz CT molecular complexity index is 292. The zero-order valence-electron chi connectivity index (χ0n) is 7.67. The molecule has 0 atom stereocenters. The molecule has 0 aromatic carbocycles. The summed E-state index contributed by atoms with van der Waals surface area (Å²) in [5.41, 5.74) is 2.76. The highest BCUT2D eigenvalue weighted by atomic mass is 15.0. The Balaban J connectivity index is 2.49. The molecule has 0 spiro atoms. The van der Waals surface area contributed by atoms with E-state index in [1.807, 2.05) is 0 Å². The van der Waals surface area contributed by atoms with E-state index in [-0.39, 0.29) is 0 Å². The van der Waals surface area contributed by atoms with Crippen molar-refractivity contribution in [3.05, 3.63) is 24.0 Å². The van der Waals surface area contributed by atoms with E-state index in [9.17, 15) is 0 Å². The molecular weight excluding hydrogens is 148 g/mol. The highest BCUT2D eigenvalue weighted by Crippen LogP contribution is 2.18. The smallest absolute Gasteiger partial charge is 0.206 e. The van der Waals surface area contributed by atoms with Crippen LogP contribution in [0.4, 0.5) is 5.69 Å². The monoisotopic (exact) mass is 163 g/mol. The number of rotatable bonds is 1. The first-order valence-corrected chi connectivity index (χ1v) is 4.56. The normalized spacial score (nSPS) is 14.6. The Hall–Kier alpha value is -1.05. The summed E-state index contributed by atoms with van der Waals surface area (Å²) in [5.74, 6) is 0. The van der Waals surface area contributed by atoms with Gasteiger partial charge in [0, 0.05) is 12.6 Å². The Labute approximate surface area is 73.2 Å². The van der Waals surface area contributed by atoms with E-state index in [1.165, 1.54) is 11.4 Å². The first kappa shape index (κ1) is 7.59. The third kappa shape index (κ3) is 1.07. The lowest BCUT2D eigenvalue weighted by Gasteiger charge is -2.04. The van der Waals surface area contributed by atoms with Crippen LogP contribution in [0.1, 0.15) is 25.6 Å². The summed E-state index contributed by atoms with van der Waals surface area (Å²) in [4.78, 5) is 0. The maximum atomic E-state index is 3.37. The van der Waals surface area contributed by atoms with Gasteiger partial charge in [-0.2, -0.15) is 4.57 Å². The number of fused-ring (bicyclic) bond motifs is 1. The second-order valence-corrected chi connectivity index (χ2v) is 3.55. The van der Waals surface area contributed by atoms with Crippen molar-refractivity contribution in [3.8, 4) is 0 Å². The highest BCUT2D eigenvalue weighted by molar-refractivity contribution is 5.49. The standard InChI is InChI=1S/C10H15N2/c1-8(2)12-7-3-4-9-10(12)5-6-11-9/h3-4,7-8,11H,5-6H2,1-2H3/q+1. The zero-order valence-corrected chi connectivity index (χ0v) is 7.67. The molecule has 0 saturated carbocycles. The van der Waals surface area contributed by atoms with Crippen LogP contribution in [0.3, 0.4) is 0 Å². The van der Waals surface area contributed by atoms with Crippen molar-refractivity contribution in [2.24, 2.45) is 0 Å². The molecular formula is C10H15N2+. The van der Waals surface area contributed by atoms with Crippen molar-refractivity contribution in [1.29, 1.82) is 0 Å². The molecule has 2 heteroatoms. The van der Waals surface area contributed by atoms with Gasteiger partial charge in [0.1, 0.15) is 5.69 Å². The summed E-state index contributed by atoms with van der Waals surface area (Å²) in [5, 5.41) is 3.37. The van der Waals surface area contributed by atoms with Crippen molar-refractivity contribution in [2.45, 2.75) is 26.3 Å². The number of anilines is 1. The van der Waals surface area contributed by atoms with Crippen molar-refractivity contribution in [3.63, 3.8) is 0 Å². The summed E-state index contributed by atoms with van der Waals surface area (Å²) >= 11 is 0. The molecule has 2 rings (SSSR count). The fraction of sp³-hybridized carbons (Fsp3) is 0.500. The lowest BCUT2D eigenvalue weighted by Crippen LogP contribution is -2.39. The first-order chi connectivity index (χ1) is 5.79. The van der Waals surface area contributed by atoms with Gasteiger partial charge in [0.05, 0.1) is 6.42 Å². The maximum Gasteiger partial charge on any atom is 0.206 e. The van der Waals surface area contributed by atoms with Gasteiger partial charge < -0.3 is 5.32 Å². The largest absolute Gasteiger partial charge is 0.379 e. The molecule has 1 aliphatic heterocycles. The molecule has 1 aromatic rings. The molecule has 0 unspecified atom stereocenters. The van der Waals surface area contributed by atoms with Crippen LogP contribution in [0, 0.1) is 0 Å². The third-order valence-corrected chi connectivity index (χ3v) is 2.37. The summed E-state index contributed by atoms with van der Waals surface area (Å²) < 4.78 is 2.34. The van der Waals surface area contributed by atoms with Gasteiger partial charge in [-0.1, -0.05) is 0 Å². The molecule has 0 saturated heterocycles. The van der Waals surface area contributed by atoms with Crippen molar-refractivity contribution in [1.82, 2.24) is 0 Å². The molecule has 0 amide bonds. The Morgan fingerprint density at radius 3 is 3.08 bits per heavy atom. The van der Waals surface area contributed by atoms with Gasteiger partial charge in [0.25, 0.3) is 0 Å². The van der Waals surface area contributed by atoms with Crippen LogP contribution in [-0.2, 0) is 6.42 Å². The number of nitrogens with zero attached hydrogens (tertiary/aromatic N) is 1. The van der Waals surface area contributed by atoms with E-state index >= 15 is 0 Å². The van der Waals surface area contributed by atoms with E-state index in [0.29, 0.717) is 6.04 Å². The molecule has 64 valence electrons. The molecule has 0 radical (unpaired) electrons. The van der Waals surface area contributed by atoms with Crippen LogP contribution in [0.5, 0.6) is 0 Å². The van der Waals surface area contributed by atoms with E-state index in [4.69, 9.17) is 0 Å². The van der Waals surface area contributed by atoms with Crippen LogP contribution < -0.4 is 9.88 Å². The number of hydrogen-bond acceptors (Lipinski definition) is 1. The van der Waals surface area contributed by atoms with Gasteiger partial charge in [-0.05, 0) is 19.9 Å². The quantitative estimate of drug-likeness (QED) is 0.621. The molecule has 12 heavy (non-hydrogen) atoms. The van der Waals surface area contributed by atoms with Crippen molar-refractivity contribution in [2.75, 3.05) is 11.9 Å². The third-order valence-electron chi connectivity index (χ3n) is 2.37. The molecule has 2 heterocycles. The minimum absolute atomic E-state index is 0.569. The molecule has 0 aliphatic carbocycles. The summed E-state index contributed by atoms with van der Waals surface area (Å²) in [7, 11) is 0. The van der Waals surface area contributed by atoms with Crippen molar-refractivity contribution < 1.29 is 4.57 Å². The lowest BCUT2D eigenvalue weighted by atomic mass is 10.2. The SMILES string of the molecule is CC(C)[n+]1cccc2c1CCN2. The summed E-state index contributed by atoms with van der Waals surface area (Å²) in [6, 6.07) is 4.83. The fourth-order valence-corrected chi connectivity index (χ4v) is 1.78. The summed E-state index contributed by atoms with van der Waals surface area (Å²) in [6.07, 6.45) is 3.32. The zero-order chi connectivity index (χ0) is 8.55. The predicted octanol–water partition coefficient (Wildman–Crippen LogP) is 1.52. The van der Waals surface area contributed by atoms with E-state index in [0.717, 1.165) is 13.0 Å². The lowest BCUT2D eigenvalue weighted by molar-refractivity contribution is -0.721. The van der Waals surface area contributed by atoms with Crippen molar-refractivity contribution >= 4 is 5.69 Å². The molecule has 1 N–H and O–H groups in total. The van der Waals surface area contributed by atoms with Gasteiger partial charge >= 0.3 is 0 Å². The molecule has 2 nitrogen and oxygen atoms in total. The average molecular weight is 163 g/mol. The highest BCUT2D eigenvalue weighted by Gasteiger charge is 2.22. The Morgan fingerprint density at radius 1 is 1.50 bits per heavy atom. The van der Waals surface area contributed by atoms with Crippen LogP contribution in [-0.4, -0.2) is 6.54 Å². The second-order valence-electron chi connectivity index (χ2n) is 3.55. The number of nitrogens with one attached hydrogen (secondary N) is 1. The molecule has 0 bridgehead atoms. The topological polar surface area (TPSA) is 15.9 Å². The maximum absolute atomic E-state index is 3.37. The van der Waals surface area contributed by atoms with Gasteiger partial charge in [0.15, 0.2) is 12.2 Å². The van der Waals surface area contributed by atoms with Gasteiger partial charge in [-0.3, -0.25) is 0 Å². The van der Waals surface area contributed by atoms with Gasteiger partial charge in [0.2, 0.25) is 5.69 Å². The van der Waals surface area contributed by atoms with Gasteiger partial charge in [-0.25, -0.2) is 0 Å². The predicted molar refractivity (Wildman–Crippen MR) is 49.2 cm³/mol. The van der Waals surface area contributed by atoms with Crippen LogP contribution >= 0.6 is 0 Å². The first-order valence-electron chi connectivity index (χ1n) is 4.56. The fourth-order valence-electron chi connectivity index (χ4n) is 1.78.